The Bertz CT molecular complexity index is 257. The van der Waals surface area contributed by atoms with Gasteiger partial charge in [-0.15, -0.1) is 0 Å². The summed E-state index contributed by atoms with van der Waals surface area (Å²) >= 11 is 0. The average Bonchev–Trinajstić information content (AvgIpc) is 2.10. The zero-order valence-electron chi connectivity index (χ0n) is 10.2. The lowest BCUT2D eigenvalue weighted by molar-refractivity contribution is -0.873. The van der Waals surface area contributed by atoms with E-state index >= 15 is 0 Å². The zero-order valence-corrected chi connectivity index (χ0v) is 10.2. The van der Waals surface area contributed by atoms with E-state index in [1.165, 1.54) is 0 Å². The summed E-state index contributed by atoms with van der Waals surface area (Å²) in [5, 5.41) is 24.2. The molecule has 8 heteroatoms. The molecule has 0 aromatic rings. The van der Waals surface area contributed by atoms with Crippen LogP contribution < -0.4 is 0 Å². The quantitative estimate of drug-likeness (QED) is 0.232. The first kappa shape index (κ1) is 17.7. The summed E-state index contributed by atoms with van der Waals surface area (Å²) in [7, 11) is 5.87. The highest BCUT2D eigenvalue weighted by Crippen LogP contribution is 1.95. The van der Waals surface area contributed by atoms with E-state index in [9.17, 15) is 9.90 Å². The number of aliphatic hydroxyl groups excluding tert-OH is 1. The Balaban J connectivity index is 0. The Hall–Kier alpha value is -1.67. The number of hydrogen-bond donors (Lipinski definition) is 1. The number of nitrogens with zero attached hydrogens (tertiary/aromatic N) is 2. The fourth-order valence-electron chi connectivity index (χ4n) is 0.922. The second kappa shape index (κ2) is 8.48. The van der Waals surface area contributed by atoms with Gasteiger partial charge in [0.2, 0.25) is 0 Å². The molecule has 1 unspecified atom stereocenters. The van der Waals surface area contributed by atoms with E-state index in [0.717, 1.165) is 6.08 Å². The van der Waals surface area contributed by atoms with Gasteiger partial charge in [0.1, 0.15) is 19.3 Å². The third-order valence-electron chi connectivity index (χ3n) is 1.34. The Labute approximate surface area is 99.4 Å². The SMILES string of the molecule is C=CC(=O)OCC(O)C[N+](C)(C)C.O=[N+]([O-])[O-]. The van der Waals surface area contributed by atoms with Crippen molar-refractivity contribution in [3.63, 3.8) is 0 Å². The van der Waals surface area contributed by atoms with Crippen molar-refractivity contribution in [2.45, 2.75) is 6.10 Å². The van der Waals surface area contributed by atoms with E-state index in [0.29, 0.717) is 11.0 Å². The van der Waals surface area contributed by atoms with Crippen LogP contribution in [0.1, 0.15) is 0 Å². The molecule has 0 rings (SSSR count). The number of carbonyl (C=O) groups excluding carboxylic acids is 1. The van der Waals surface area contributed by atoms with Crippen molar-refractivity contribution < 1.29 is 24.2 Å². The largest absolute Gasteiger partial charge is 0.460 e. The second-order valence-electron chi connectivity index (χ2n) is 4.18. The van der Waals surface area contributed by atoms with Gasteiger partial charge in [0.15, 0.2) is 0 Å². The molecule has 17 heavy (non-hydrogen) atoms. The predicted octanol–water partition coefficient (Wildman–Crippen LogP) is -0.456. The maximum absolute atomic E-state index is 10.6. The van der Waals surface area contributed by atoms with Gasteiger partial charge in [-0.05, 0) is 0 Å². The summed E-state index contributed by atoms with van der Waals surface area (Å²) in [5.74, 6) is -0.500. The Kier molecular flexibility index (Phi) is 8.84. The van der Waals surface area contributed by atoms with Crippen LogP contribution in [0.2, 0.25) is 0 Å². The minimum atomic E-state index is -1.75. The Morgan fingerprint density at radius 2 is 1.94 bits per heavy atom. The van der Waals surface area contributed by atoms with E-state index in [-0.39, 0.29) is 6.61 Å². The standard InChI is InChI=1S/C9H18NO3.NO3/c1-5-9(12)13-7-8(11)6-10(2,3)4;2-1(3)4/h5,8,11H,1,6-7H2,2-4H3;/q+1;-1. The second-order valence-corrected chi connectivity index (χ2v) is 4.18. The molecule has 0 radical (unpaired) electrons. The van der Waals surface area contributed by atoms with E-state index in [2.05, 4.69) is 11.3 Å². The van der Waals surface area contributed by atoms with Gasteiger partial charge in [-0.3, -0.25) is 0 Å². The molecule has 1 atom stereocenters. The minimum absolute atomic E-state index is 0.0281. The third kappa shape index (κ3) is 20.4. The Morgan fingerprint density at radius 3 is 2.24 bits per heavy atom. The molecule has 8 nitrogen and oxygen atoms in total. The number of likely N-dealkylation sites (N-methyl/N-ethyl adjacent to an activating group) is 1. The predicted molar refractivity (Wildman–Crippen MR) is 60.4 cm³/mol. The van der Waals surface area contributed by atoms with Gasteiger partial charge in [0.25, 0.3) is 0 Å². The van der Waals surface area contributed by atoms with Crippen LogP contribution in [0.4, 0.5) is 0 Å². The highest BCUT2D eigenvalue weighted by atomic mass is 16.9. The molecule has 0 aliphatic carbocycles. The lowest BCUT2D eigenvalue weighted by Crippen LogP contribution is -2.43. The van der Waals surface area contributed by atoms with Gasteiger partial charge in [-0.2, -0.15) is 0 Å². The minimum Gasteiger partial charge on any atom is -0.460 e. The van der Waals surface area contributed by atoms with Gasteiger partial charge in [0.05, 0.1) is 26.2 Å². The summed E-state index contributed by atoms with van der Waals surface area (Å²) in [5.41, 5.74) is 0. The molecular formula is C9H18N2O6. The van der Waals surface area contributed by atoms with Crippen molar-refractivity contribution in [2.24, 2.45) is 0 Å². The first-order valence-electron chi connectivity index (χ1n) is 4.67. The van der Waals surface area contributed by atoms with Crippen LogP contribution in [0.15, 0.2) is 12.7 Å². The summed E-state index contributed by atoms with van der Waals surface area (Å²) < 4.78 is 5.31. The van der Waals surface area contributed by atoms with Crippen LogP contribution in [0.25, 0.3) is 0 Å². The molecule has 0 saturated heterocycles. The van der Waals surface area contributed by atoms with Crippen molar-refractivity contribution in [1.82, 2.24) is 0 Å². The fourth-order valence-corrected chi connectivity index (χ4v) is 0.922. The van der Waals surface area contributed by atoms with Crippen LogP contribution in [0, 0.1) is 15.3 Å². The molecular weight excluding hydrogens is 232 g/mol. The molecule has 0 fully saturated rings. The van der Waals surface area contributed by atoms with Gasteiger partial charge in [-0.25, -0.2) is 4.79 Å². The maximum Gasteiger partial charge on any atom is 0.330 e. The fraction of sp³-hybridized carbons (Fsp3) is 0.667. The van der Waals surface area contributed by atoms with Crippen molar-refractivity contribution in [1.29, 1.82) is 0 Å². The van der Waals surface area contributed by atoms with Gasteiger partial charge in [-0.1, -0.05) is 6.58 Å². The molecule has 100 valence electrons. The molecule has 1 N–H and O–H groups in total. The highest BCUT2D eigenvalue weighted by molar-refractivity contribution is 5.81. The molecule has 0 heterocycles. The molecule has 0 amide bonds. The van der Waals surface area contributed by atoms with Gasteiger partial charge >= 0.3 is 5.97 Å². The average molecular weight is 250 g/mol. The van der Waals surface area contributed by atoms with E-state index in [1.54, 1.807) is 0 Å². The number of esters is 1. The molecule has 0 aromatic heterocycles. The van der Waals surface area contributed by atoms with Gasteiger partial charge in [0, 0.05) is 6.08 Å². The van der Waals surface area contributed by atoms with Crippen molar-refractivity contribution >= 4 is 5.97 Å². The summed E-state index contributed by atoms with van der Waals surface area (Å²) in [6.07, 6.45) is 0.461. The monoisotopic (exact) mass is 250 g/mol. The number of aliphatic hydroxyl groups is 1. The first-order valence-corrected chi connectivity index (χ1v) is 4.67. The lowest BCUT2D eigenvalue weighted by Gasteiger charge is -2.26. The van der Waals surface area contributed by atoms with Gasteiger partial charge < -0.3 is 29.6 Å². The van der Waals surface area contributed by atoms with Crippen LogP contribution >= 0.6 is 0 Å². The van der Waals surface area contributed by atoms with E-state index in [1.807, 2.05) is 21.1 Å². The molecule has 0 aromatic carbocycles. The van der Waals surface area contributed by atoms with Crippen LogP contribution in [0.5, 0.6) is 0 Å². The van der Waals surface area contributed by atoms with E-state index < -0.39 is 17.2 Å². The molecule has 0 aliphatic heterocycles. The zero-order chi connectivity index (χ0) is 14.1. The summed E-state index contributed by atoms with van der Waals surface area (Å²) in [6, 6.07) is 0. The number of hydrogen-bond acceptors (Lipinski definition) is 6. The number of quaternary nitrogens is 1. The first-order chi connectivity index (χ1) is 7.58. The van der Waals surface area contributed by atoms with Crippen LogP contribution in [-0.2, 0) is 9.53 Å². The molecule has 0 spiro atoms. The third-order valence-corrected chi connectivity index (χ3v) is 1.34. The van der Waals surface area contributed by atoms with Crippen molar-refractivity contribution in [3.05, 3.63) is 28.0 Å². The maximum atomic E-state index is 10.6. The number of rotatable bonds is 5. The summed E-state index contributed by atoms with van der Waals surface area (Å²) in [6.45, 7) is 3.83. The Morgan fingerprint density at radius 1 is 1.53 bits per heavy atom. The molecule has 0 saturated carbocycles. The molecule has 0 bridgehead atoms. The number of carbonyl (C=O) groups is 1. The normalized spacial score (nSPS) is 11.8. The number of ether oxygens (including phenoxy) is 1. The highest BCUT2D eigenvalue weighted by Gasteiger charge is 2.16. The van der Waals surface area contributed by atoms with E-state index in [4.69, 9.17) is 15.3 Å². The van der Waals surface area contributed by atoms with Crippen molar-refractivity contribution in [2.75, 3.05) is 34.3 Å². The van der Waals surface area contributed by atoms with Crippen LogP contribution in [0.3, 0.4) is 0 Å². The molecule has 0 aliphatic rings. The van der Waals surface area contributed by atoms with Crippen LogP contribution in [-0.4, -0.2) is 61.0 Å². The topological polar surface area (TPSA) is 113 Å². The smallest absolute Gasteiger partial charge is 0.330 e. The van der Waals surface area contributed by atoms with Crippen molar-refractivity contribution in [3.8, 4) is 0 Å². The summed E-state index contributed by atoms with van der Waals surface area (Å²) in [4.78, 5) is 18.9. The lowest BCUT2D eigenvalue weighted by atomic mass is 10.3.